The molecule has 0 unspecified atom stereocenters. The second-order valence-electron chi connectivity index (χ2n) is 4.98. The highest BCUT2D eigenvalue weighted by Gasteiger charge is 2.01. The van der Waals surface area contributed by atoms with Crippen LogP contribution in [0, 0.1) is 6.92 Å². The number of pyridine rings is 1. The first-order valence-corrected chi connectivity index (χ1v) is 6.97. The zero-order valence-electron chi connectivity index (χ0n) is 11.6. The molecule has 2 nitrogen and oxygen atoms in total. The molecule has 3 aromatic rings. The Morgan fingerprint density at radius 3 is 2.65 bits per heavy atom. The van der Waals surface area contributed by atoms with Gasteiger partial charge in [-0.05, 0) is 36.6 Å². The van der Waals surface area contributed by atoms with E-state index in [1.807, 2.05) is 24.4 Å². The molecule has 0 bridgehead atoms. The van der Waals surface area contributed by atoms with E-state index in [1.165, 1.54) is 16.5 Å². The Bertz CT molecular complexity index is 714. The third-order valence-corrected chi connectivity index (χ3v) is 3.62. The Morgan fingerprint density at radius 2 is 1.75 bits per heavy atom. The zero-order chi connectivity index (χ0) is 13.8. The fourth-order valence-corrected chi connectivity index (χ4v) is 2.47. The van der Waals surface area contributed by atoms with Crippen LogP contribution in [0.3, 0.4) is 0 Å². The number of hydrogen-bond acceptors (Lipinski definition) is 2. The first-order chi connectivity index (χ1) is 9.84. The minimum absolute atomic E-state index is 0.929. The van der Waals surface area contributed by atoms with Gasteiger partial charge < -0.3 is 5.32 Å². The molecule has 1 heterocycles. The highest BCUT2D eigenvalue weighted by Crippen LogP contribution is 2.20. The molecule has 0 fully saturated rings. The van der Waals surface area contributed by atoms with Crippen LogP contribution in [0.1, 0.15) is 11.1 Å². The van der Waals surface area contributed by atoms with E-state index < -0.39 is 0 Å². The largest absolute Gasteiger partial charge is 0.384 e. The Morgan fingerprint density at radius 1 is 0.950 bits per heavy atom. The van der Waals surface area contributed by atoms with E-state index in [0.717, 1.165) is 24.2 Å². The lowest BCUT2D eigenvalue weighted by atomic mass is 10.1. The molecule has 2 aromatic carbocycles. The molecule has 0 radical (unpaired) electrons. The van der Waals surface area contributed by atoms with Gasteiger partial charge in [-0.3, -0.25) is 4.98 Å². The minimum atomic E-state index is 0.929. The van der Waals surface area contributed by atoms with Gasteiger partial charge in [0, 0.05) is 23.8 Å². The summed E-state index contributed by atoms with van der Waals surface area (Å²) >= 11 is 0. The van der Waals surface area contributed by atoms with Crippen molar-refractivity contribution in [2.45, 2.75) is 13.3 Å². The molecule has 2 heteroatoms. The van der Waals surface area contributed by atoms with Crippen molar-refractivity contribution in [2.75, 3.05) is 11.9 Å². The van der Waals surface area contributed by atoms with Crippen LogP contribution in [0.25, 0.3) is 10.9 Å². The maximum Gasteiger partial charge on any atom is 0.0722 e. The maximum absolute atomic E-state index is 4.38. The summed E-state index contributed by atoms with van der Waals surface area (Å²) in [7, 11) is 0. The van der Waals surface area contributed by atoms with E-state index in [9.17, 15) is 0 Å². The van der Waals surface area contributed by atoms with Gasteiger partial charge in [-0.1, -0.05) is 42.5 Å². The number of benzene rings is 2. The average molecular weight is 262 g/mol. The monoisotopic (exact) mass is 262 g/mol. The molecule has 0 aliphatic heterocycles. The van der Waals surface area contributed by atoms with Crippen LogP contribution in [-0.2, 0) is 6.42 Å². The third kappa shape index (κ3) is 2.64. The number of aromatic nitrogens is 1. The average Bonchev–Trinajstić information content (AvgIpc) is 2.49. The molecular weight excluding hydrogens is 244 g/mol. The van der Waals surface area contributed by atoms with Crippen molar-refractivity contribution >= 4 is 16.6 Å². The molecule has 0 aliphatic carbocycles. The van der Waals surface area contributed by atoms with Gasteiger partial charge in [0.2, 0.25) is 0 Å². The Kier molecular flexibility index (Phi) is 3.64. The standard InChI is InChI=1S/C18H18N2/c1-14-6-2-3-7-15(14)10-12-19-18-11-13-20-17-9-5-4-8-16(17)18/h2-9,11,13H,10,12H2,1H3,(H,19,20). The van der Waals surface area contributed by atoms with E-state index in [2.05, 4.69) is 53.6 Å². The van der Waals surface area contributed by atoms with Gasteiger partial charge in [0.15, 0.2) is 0 Å². The SMILES string of the molecule is Cc1ccccc1CCNc1ccnc2ccccc12. The molecular formula is C18H18N2. The Hall–Kier alpha value is -2.35. The number of fused-ring (bicyclic) bond motifs is 1. The first-order valence-electron chi connectivity index (χ1n) is 6.97. The van der Waals surface area contributed by atoms with Gasteiger partial charge in [0.05, 0.1) is 5.52 Å². The van der Waals surface area contributed by atoms with Gasteiger partial charge in [-0.15, -0.1) is 0 Å². The quantitative estimate of drug-likeness (QED) is 0.762. The fraction of sp³-hybridized carbons (Fsp3) is 0.167. The minimum Gasteiger partial charge on any atom is -0.384 e. The molecule has 20 heavy (non-hydrogen) atoms. The third-order valence-electron chi connectivity index (χ3n) is 3.62. The van der Waals surface area contributed by atoms with Crippen LogP contribution in [0.5, 0.6) is 0 Å². The lowest BCUT2D eigenvalue weighted by Crippen LogP contribution is -2.06. The van der Waals surface area contributed by atoms with E-state index in [-0.39, 0.29) is 0 Å². The number of hydrogen-bond donors (Lipinski definition) is 1. The smallest absolute Gasteiger partial charge is 0.0722 e. The summed E-state index contributed by atoms with van der Waals surface area (Å²) in [6.07, 6.45) is 2.89. The molecule has 1 N–H and O–H groups in total. The molecule has 0 spiro atoms. The second-order valence-corrected chi connectivity index (χ2v) is 4.98. The summed E-state index contributed by atoms with van der Waals surface area (Å²) in [6.45, 7) is 3.09. The van der Waals surface area contributed by atoms with Gasteiger partial charge in [0.25, 0.3) is 0 Å². The lowest BCUT2D eigenvalue weighted by molar-refractivity contribution is 1.01. The second kappa shape index (κ2) is 5.74. The number of para-hydroxylation sites is 1. The molecule has 0 amide bonds. The molecule has 0 atom stereocenters. The number of rotatable bonds is 4. The lowest BCUT2D eigenvalue weighted by Gasteiger charge is -2.10. The molecule has 0 saturated carbocycles. The van der Waals surface area contributed by atoms with Crippen LogP contribution in [0.2, 0.25) is 0 Å². The van der Waals surface area contributed by atoms with Crippen molar-refractivity contribution in [3.05, 3.63) is 71.9 Å². The van der Waals surface area contributed by atoms with Crippen LogP contribution in [0.4, 0.5) is 5.69 Å². The van der Waals surface area contributed by atoms with E-state index in [4.69, 9.17) is 0 Å². The van der Waals surface area contributed by atoms with Gasteiger partial charge in [0.1, 0.15) is 0 Å². The van der Waals surface area contributed by atoms with Crippen LogP contribution < -0.4 is 5.32 Å². The topological polar surface area (TPSA) is 24.9 Å². The summed E-state index contributed by atoms with van der Waals surface area (Å²) in [5, 5.41) is 4.70. The number of nitrogens with zero attached hydrogens (tertiary/aromatic N) is 1. The molecule has 0 saturated heterocycles. The summed E-state index contributed by atoms with van der Waals surface area (Å²) < 4.78 is 0. The fourth-order valence-electron chi connectivity index (χ4n) is 2.47. The normalized spacial score (nSPS) is 10.7. The van der Waals surface area contributed by atoms with E-state index in [1.54, 1.807) is 0 Å². The van der Waals surface area contributed by atoms with Crippen molar-refractivity contribution in [1.82, 2.24) is 4.98 Å². The number of aryl methyl sites for hydroxylation is 1. The van der Waals surface area contributed by atoms with Crippen molar-refractivity contribution in [2.24, 2.45) is 0 Å². The first kappa shape index (κ1) is 12.7. The van der Waals surface area contributed by atoms with E-state index >= 15 is 0 Å². The van der Waals surface area contributed by atoms with Crippen molar-refractivity contribution < 1.29 is 0 Å². The Labute approximate surface area is 119 Å². The highest BCUT2D eigenvalue weighted by atomic mass is 14.9. The summed E-state index contributed by atoms with van der Waals surface area (Å²) in [6, 6.07) is 18.8. The summed E-state index contributed by atoms with van der Waals surface area (Å²) in [5.74, 6) is 0. The van der Waals surface area contributed by atoms with Gasteiger partial charge >= 0.3 is 0 Å². The number of nitrogens with one attached hydrogen (secondary N) is 1. The van der Waals surface area contributed by atoms with Gasteiger partial charge in [-0.25, -0.2) is 0 Å². The van der Waals surface area contributed by atoms with Crippen molar-refractivity contribution in [3.63, 3.8) is 0 Å². The van der Waals surface area contributed by atoms with Crippen molar-refractivity contribution in [3.8, 4) is 0 Å². The van der Waals surface area contributed by atoms with Crippen LogP contribution in [0.15, 0.2) is 60.8 Å². The van der Waals surface area contributed by atoms with Gasteiger partial charge in [-0.2, -0.15) is 0 Å². The summed E-state index contributed by atoms with van der Waals surface area (Å²) in [5.41, 5.74) is 4.95. The predicted molar refractivity (Wildman–Crippen MR) is 85.1 cm³/mol. The number of anilines is 1. The molecule has 1 aromatic heterocycles. The highest BCUT2D eigenvalue weighted by molar-refractivity contribution is 5.90. The molecule has 3 rings (SSSR count). The predicted octanol–water partition coefficient (Wildman–Crippen LogP) is 4.20. The summed E-state index contributed by atoms with van der Waals surface area (Å²) in [4.78, 5) is 4.38. The zero-order valence-corrected chi connectivity index (χ0v) is 11.6. The van der Waals surface area contributed by atoms with Crippen LogP contribution >= 0.6 is 0 Å². The van der Waals surface area contributed by atoms with Crippen LogP contribution in [-0.4, -0.2) is 11.5 Å². The molecule has 0 aliphatic rings. The Balaban J connectivity index is 1.73. The molecule has 100 valence electrons. The maximum atomic E-state index is 4.38. The van der Waals surface area contributed by atoms with E-state index in [0.29, 0.717) is 0 Å². The van der Waals surface area contributed by atoms with Crippen molar-refractivity contribution in [1.29, 1.82) is 0 Å².